The highest BCUT2D eigenvalue weighted by Crippen LogP contribution is 2.26. The maximum Gasteiger partial charge on any atom is 0.307 e. The summed E-state index contributed by atoms with van der Waals surface area (Å²) in [4.78, 5) is 30.1. The van der Waals surface area contributed by atoms with E-state index in [4.69, 9.17) is 9.72 Å². The van der Waals surface area contributed by atoms with Crippen molar-refractivity contribution in [1.82, 2.24) is 10.3 Å². The summed E-state index contributed by atoms with van der Waals surface area (Å²) in [5.41, 5.74) is 3.72. The van der Waals surface area contributed by atoms with Crippen LogP contribution in [0.2, 0.25) is 0 Å². The van der Waals surface area contributed by atoms with E-state index in [0.717, 1.165) is 22.0 Å². The van der Waals surface area contributed by atoms with Crippen molar-refractivity contribution < 1.29 is 14.3 Å². The van der Waals surface area contributed by atoms with E-state index in [1.807, 2.05) is 84.9 Å². The maximum absolute atomic E-state index is 13.4. The van der Waals surface area contributed by atoms with Gasteiger partial charge >= 0.3 is 5.97 Å². The van der Waals surface area contributed by atoms with Gasteiger partial charge in [-0.25, -0.2) is 4.98 Å². The topological polar surface area (TPSA) is 68.3 Å². The number of fused-ring (bicyclic) bond motifs is 1. The lowest BCUT2D eigenvalue weighted by atomic mass is 10.0. The normalized spacial score (nSPS) is 11.6. The Hall–Kier alpha value is -3.99. The largest absolute Gasteiger partial charge is 0.469 e. The molecule has 3 aromatic carbocycles. The first-order valence-electron chi connectivity index (χ1n) is 10.0. The van der Waals surface area contributed by atoms with E-state index in [-0.39, 0.29) is 12.3 Å². The van der Waals surface area contributed by atoms with Gasteiger partial charge in [-0.2, -0.15) is 0 Å². The summed E-state index contributed by atoms with van der Waals surface area (Å²) in [6.07, 6.45) is 0.0425. The fraction of sp³-hybridized carbons (Fsp3) is 0.115. The quantitative estimate of drug-likeness (QED) is 0.457. The smallest absolute Gasteiger partial charge is 0.307 e. The molecule has 1 N–H and O–H groups in total. The number of esters is 1. The van der Waals surface area contributed by atoms with Crippen LogP contribution in [0.3, 0.4) is 0 Å². The number of carbonyl (C=O) groups is 2. The number of pyridine rings is 1. The van der Waals surface area contributed by atoms with Crippen molar-refractivity contribution in [3.8, 4) is 11.3 Å². The Morgan fingerprint density at radius 3 is 2.26 bits per heavy atom. The van der Waals surface area contributed by atoms with E-state index >= 15 is 0 Å². The van der Waals surface area contributed by atoms with Crippen LogP contribution in [-0.4, -0.2) is 24.0 Å². The molecule has 0 aliphatic heterocycles. The number of carbonyl (C=O) groups excluding carboxylic acids is 2. The van der Waals surface area contributed by atoms with Gasteiger partial charge in [0.15, 0.2) is 0 Å². The third-order valence-electron chi connectivity index (χ3n) is 5.14. The summed E-state index contributed by atoms with van der Waals surface area (Å²) in [6, 6.07) is 28.0. The molecule has 0 radical (unpaired) electrons. The zero-order valence-electron chi connectivity index (χ0n) is 17.1. The van der Waals surface area contributed by atoms with E-state index in [1.165, 1.54) is 7.11 Å². The van der Waals surface area contributed by atoms with Gasteiger partial charge in [-0.15, -0.1) is 0 Å². The number of rotatable bonds is 6. The fourth-order valence-electron chi connectivity index (χ4n) is 3.54. The third kappa shape index (κ3) is 4.61. The summed E-state index contributed by atoms with van der Waals surface area (Å²) in [5, 5.41) is 3.77. The maximum atomic E-state index is 13.4. The first-order chi connectivity index (χ1) is 15.2. The minimum absolute atomic E-state index is 0.0425. The SMILES string of the molecule is COC(=O)C[C@H](NC(=O)c1cc(-c2ccccc2)nc2ccccc12)c1ccccc1. The number of methoxy groups -OCH3 is 1. The number of hydrogen-bond donors (Lipinski definition) is 1. The van der Waals surface area contributed by atoms with Crippen LogP contribution in [0.15, 0.2) is 91.0 Å². The summed E-state index contributed by atoms with van der Waals surface area (Å²) in [5.74, 6) is -0.660. The van der Waals surface area contributed by atoms with Crippen LogP contribution in [-0.2, 0) is 9.53 Å². The molecule has 4 rings (SSSR count). The zero-order valence-corrected chi connectivity index (χ0v) is 17.1. The lowest BCUT2D eigenvalue weighted by molar-refractivity contribution is -0.141. The average molecular weight is 410 g/mol. The zero-order chi connectivity index (χ0) is 21.6. The highest BCUT2D eigenvalue weighted by Gasteiger charge is 2.21. The van der Waals surface area contributed by atoms with E-state index in [9.17, 15) is 9.59 Å². The average Bonchev–Trinajstić information content (AvgIpc) is 2.83. The van der Waals surface area contributed by atoms with Crippen molar-refractivity contribution in [2.45, 2.75) is 12.5 Å². The summed E-state index contributed by atoms with van der Waals surface area (Å²) in [6.45, 7) is 0. The number of aromatic nitrogens is 1. The lowest BCUT2D eigenvalue weighted by Crippen LogP contribution is -2.30. The Kier molecular flexibility index (Phi) is 6.03. The second kappa shape index (κ2) is 9.22. The molecule has 5 nitrogen and oxygen atoms in total. The first-order valence-corrected chi connectivity index (χ1v) is 10.0. The molecule has 31 heavy (non-hydrogen) atoms. The minimum Gasteiger partial charge on any atom is -0.469 e. The highest BCUT2D eigenvalue weighted by atomic mass is 16.5. The number of nitrogens with zero attached hydrogens (tertiary/aromatic N) is 1. The molecule has 1 atom stereocenters. The van der Waals surface area contributed by atoms with Gasteiger partial charge in [0, 0.05) is 10.9 Å². The number of nitrogens with one attached hydrogen (secondary N) is 1. The standard InChI is InChI=1S/C26H22N2O3/c1-31-25(29)17-24(19-12-6-3-7-13-19)28-26(30)21-16-23(18-10-4-2-5-11-18)27-22-15-9-8-14-20(21)22/h2-16,24H,17H2,1H3,(H,28,30)/t24-/m0/s1. The van der Waals surface area contributed by atoms with Gasteiger partial charge in [0.1, 0.15) is 0 Å². The molecule has 1 heterocycles. The van der Waals surface area contributed by atoms with Crippen molar-refractivity contribution in [2.75, 3.05) is 7.11 Å². The third-order valence-corrected chi connectivity index (χ3v) is 5.14. The van der Waals surface area contributed by atoms with Crippen LogP contribution in [0.1, 0.15) is 28.4 Å². The molecule has 0 unspecified atom stereocenters. The number of hydrogen-bond acceptors (Lipinski definition) is 4. The molecule has 0 bridgehead atoms. The molecule has 4 aromatic rings. The van der Waals surface area contributed by atoms with Crippen LogP contribution in [0.25, 0.3) is 22.2 Å². The van der Waals surface area contributed by atoms with Gasteiger partial charge in [0.2, 0.25) is 0 Å². The fourth-order valence-corrected chi connectivity index (χ4v) is 3.54. The van der Waals surface area contributed by atoms with Crippen LogP contribution in [0.5, 0.6) is 0 Å². The predicted octanol–water partition coefficient (Wildman–Crippen LogP) is 4.94. The van der Waals surface area contributed by atoms with Gasteiger partial charge in [-0.1, -0.05) is 78.9 Å². The van der Waals surface area contributed by atoms with Gasteiger partial charge < -0.3 is 10.1 Å². The van der Waals surface area contributed by atoms with Crippen molar-refractivity contribution >= 4 is 22.8 Å². The van der Waals surface area contributed by atoms with E-state index < -0.39 is 12.0 Å². The van der Waals surface area contributed by atoms with Crippen LogP contribution in [0.4, 0.5) is 0 Å². The number of ether oxygens (including phenoxy) is 1. The Balaban J connectivity index is 1.74. The first kappa shape index (κ1) is 20.3. The molecule has 0 saturated heterocycles. The Morgan fingerprint density at radius 1 is 0.903 bits per heavy atom. The van der Waals surface area contributed by atoms with Crippen molar-refractivity contribution in [3.05, 3.63) is 102 Å². The number of amides is 1. The van der Waals surface area contributed by atoms with Gasteiger partial charge in [-0.3, -0.25) is 9.59 Å². The van der Waals surface area contributed by atoms with Crippen LogP contribution >= 0.6 is 0 Å². The van der Waals surface area contributed by atoms with Crippen molar-refractivity contribution in [2.24, 2.45) is 0 Å². The van der Waals surface area contributed by atoms with Gasteiger partial charge in [0.25, 0.3) is 5.91 Å². The molecule has 154 valence electrons. The van der Waals surface area contributed by atoms with Crippen LogP contribution < -0.4 is 5.32 Å². The molecule has 0 aliphatic rings. The molecular formula is C26H22N2O3. The summed E-state index contributed by atoms with van der Waals surface area (Å²) >= 11 is 0. The lowest BCUT2D eigenvalue weighted by Gasteiger charge is -2.19. The Labute approximate surface area is 180 Å². The van der Waals surface area contributed by atoms with Gasteiger partial charge in [-0.05, 0) is 17.7 Å². The van der Waals surface area contributed by atoms with E-state index in [2.05, 4.69) is 5.32 Å². The summed E-state index contributed by atoms with van der Waals surface area (Å²) in [7, 11) is 1.34. The predicted molar refractivity (Wildman–Crippen MR) is 120 cm³/mol. The molecule has 0 aliphatic carbocycles. The molecule has 1 aromatic heterocycles. The molecular weight excluding hydrogens is 388 g/mol. The molecule has 0 spiro atoms. The van der Waals surface area contributed by atoms with E-state index in [1.54, 1.807) is 6.07 Å². The second-order valence-electron chi connectivity index (χ2n) is 7.16. The minimum atomic E-state index is -0.506. The molecule has 0 fully saturated rings. The Morgan fingerprint density at radius 2 is 1.55 bits per heavy atom. The van der Waals surface area contributed by atoms with E-state index in [0.29, 0.717) is 11.3 Å². The molecule has 5 heteroatoms. The molecule has 0 saturated carbocycles. The monoisotopic (exact) mass is 410 g/mol. The molecule has 1 amide bonds. The Bertz CT molecular complexity index is 1210. The van der Waals surface area contributed by atoms with Gasteiger partial charge in [0.05, 0.1) is 36.3 Å². The van der Waals surface area contributed by atoms with Crippen molar-refractivity contribution in [3.63, 3.8) is 0 Å². The second-order valence-corrected chi connectivity index (χ2v) is 7.16. The number of benzene rings is 3. The number of para-hydroxylation sites is 1. The van der Waals surface area contributed by atoms with Crippen molar-refractivity contribution in [1.29, 1.82) is 0 Å². The highest BCUT2D eigenvalue weighted by molar-refractivity contribution is 6.07. The van der Waals surface area contributed by atoms with Crippen LogP contribution in [0, 0.1) is 0 Å². The summed E-state index contributed by atoms with van der Waals surface area (Å²) < 4.78 is 4.84.